The number of nitrogens with one attached hydrogen (secondary N) is 1. The van der Waals surface area contributed by atoms with E-state index in [0.717, 1.165) is 49.7 Å². The van der Waals surface area contributed by atoms with Gasteiger partial charge in [-0.05, 0) is 39.0 Å². The number of hydrogen-bond acceptors (Lipinski definition) is 5. The second-order valence-corrected chi connectivity index (χ2v) is 6.42. The van der Waals surface area contributed by atoms with Crippen LogP contribution in [0.4, 0.5) is 5.82 Å². The maximum atomic E-state index is 9.89. The summed E-state index contributed by atoms with van der Waals surface area (Å²) >= 11 is 0. The summed E-state index contributed by atoms with van der Waals surface area (Å²) in [6.45, 7) is 5.93. The van der Waals surface area contributed by atoms with Gasteiger partial charge in [-0.25, -0.2) is 9.97 Å². The topological polar surface area (TPSA) is 61.3 Å². The zero-order chi connectivity index (χ0) is 14.8. The molecular formula is C16H26N4O. The molecule has 0 spiro atoms. The van der Waals surface area contributed by atoms with Crippen molar-refractivity contribution in [3.05, 3.63) is 17.6 Å². The molecule has 2 N–H and O–H groups in total. The average Bonchev–Trinajstić information content (AvgIpc) is 2.68. The van der Waals surface area contributed by atoms with Crippen LogP contribution in [0, 0.1) is 6.92 Å². The Morgan fingerprint density at radius 1 is 1.29 bits per heavy atom. The molecule has 5 nitrogen and oxygen atoms in total. The molecule has 2 unspecified atom stereocenters. The predicted octanol–water partition coefficient (Wildman–Crippen LogP) is 2.09. The van der Waals surface area contributed by atoms with Gasteiger partial charge in [-0.2, -0.15) is 0 Å². The molecule has 116 valence electrons. The number of aliphatic hydroxyl groups is 1. The van der Waals surface area contributed by atoms with Gasteiger partial charge >= 0.3 is 0 Å². The van der Waals surface area contributed by atoms with Gasteiger partial charge in [-0.1, -0.05) is 6.92 Å². The molecule has 21 heavy (non-hydrogen) atoms. The first-order valence-electron chi connectivity index (χ1n) is 8.18. The molecule has 0 aromatic carbocycles. The highest BCUT2D eigenvalue weighted by molar-refractivity contribution is 5.35. The normalized spacial score (nSPS) is 28.8. The summed E-state index contributed by atoms with van der Waals surface area (Å²) in [5.74, 6) is 1.84. The number of aromatic nitrogens is 2. The lowest BCUT2D eigenvalue weighted by atomic mass is 10.00. The highest BCUT2D eigenvalue weighted by atomic mass is 16.3. The monoisotopic (exact) mass is 290 g/mol. The quantitative estimate of drug-likeness (QED) is 0.869. The van der Waals surface area contributed by atoms with Gasteiger partial charge in [0.05, 0.1) is 12.6 Å². The van der Waals surface area contributed by atoms with Gasteiger partial charge in [-0.15, -0.1) is 0 Å². The van der Waals surface area contributed by atoms with Crippen molar-refractivity contribution in [2.45, 2.75) is 70.7 Å². The number of hydrogen-bond donors (Lipinski definition) is 2. The Bertz CT molecular complexity index is 479. The number of anilines is 1. The van der Waals surface area contributed by atoms with Crippen LogP contribution in [0.3, 0.4) is 0 Å². The van der Waals surface area contributed by atoms with Gasteiger partial charge < -0.3 is 10.4 Å². The molecular weight excluding hydrogens is 264 g/mol. The number of rotatable bonds is 5. The summed E-state index contributed by atoms with van der Waals surface area (Å²) in [7, 11) is 0. The van der Waals surface area contributed by atoms with E-state index in [1.54, 1.807) is 0 Å². The fourth-order valence-corrected chi connectivity index (χ4v) is 3.71. The van der Waals surface area contributed by atoms with Crippen LogP contribution in [0.5, 0.6) is 0 Å². The lowest BCUT2D eigenvalue weighted by Gasteiger charge is -2.36. The third-order valence-corrected chi connectivity index (χ3v) is 4.64. The SMILES string of the molecule is CCCNc1cc(C)nc(CN2C3CCC2CC(O)C3)n1. The maximum Gasteiger partial charge on any atom is 0.144 e. The Labute approximate surface area is 126 Å². The Morgan fingerprint density at radius 3 is 2.67 bits per heavy atom. The number of piperidine rings is 1. The fraction of sp³-hybridized carbons (Fsp3) is 0.750. The number of aliphatic hydroxyl groups excluding tert-OH is 1. The van der Waals surface area contributed by atoms with Crippen molar-refractivity contribution in [1.29, 1.82) is 0 Å². The largest absolute Gasteiger partial charge is 0.393 e. The van der Waals surface area contributed by atoms with Crippen LogP contribution in [-0.2, 0) is 6.54 Å². The Morgan fingerprint density at radius 2 is 2.00 bits per heavy atom. The molecule has 3 heterocycles. The highest BCUT2D eigenvalue weighted by Crippen LogP contribution is 2.36. The van der Waals surface area contributed by atoms with E-state index in [-0.39, 0.29) is 6.10 Å². The van der Waals surface area contributed by atoms with Gasteiger partial charge in [0.25, 0.3) is 0 Å². The average molecular weight is 290 g/mol. The summed E-state index contributed by atoms with van der Waals surface area (Å²) < 4.78 is 0. The third-order valence-electron chi connectivity index (χ3n) is 4.64. The molecule has 5 heteroatoms. The lowest BCUT2D eigenvalue weighted by molar-refractivity contribution is 0.0296. The molecule has 0 amide bonds. The number of aryl methyl sites for hydroxylation is 1. The second-order valence-electron chi connectivity index (χ2n) is 6.42. The minimum absolute atomic E-state index is 0.112. The van der Waals surface area contributed by atoms with E-state index in [1.165, 1.54) is 12.8 Å². The van der Waals surface area contributed by atoms with Crippen molar-refractivity contribution in [3.8, 4) is 0 Å². The summed E-state index contributed by atoms with van der Waals surface area (Å²) in [6.07, 6.45) is 5.20. The molecule has 0 radical (unpaired) electrons. The molecule has 2 aliphatic rings. The van der Waals surface area contributed by atoms with Crippen molar-refractivity contribution in [2.75, 3.05) is 11.9 Å². The standard InChI is InChI=1S/C16H26N4O/c1-3-6-17-15-7-11(2)18-16(19-15)10-20-12-4-5-13(20)9-14(21)8-12/h7,12-14,21H,3-6,8-10H2,1-2H3,(H,17,18,19). The molecule has 2 bridgehead atoms. The molecule has 2 saturated heterocycles. The molecule has 2 fully saturated rings. The van der Waals surface area contributed by atoms with E-state index in [2.05, 4.69) is 27.1 Å². The molecule has 2 aliphatic heterocycles. The van der Waals surface area contributed by atoms with Crippen LogP contribution in [0.1, 0.15) is 50.5 Å². The minimum atomic E-state index is -0.112. The molecule has 0 aliphatic carbocycles. The zero-order valence-electron chi connectivity index (χ0n) is 13.0. The first-order valence-corrected chi connectivity index (χ1v) is 8.18. The molecule has 1 aromatic rings. The van der Waals surface area contributed by atoms with E-state index in [0.29, 0.717) is 12.1 Å². The number of nitrogens with zero attached hydrogens (tertiary/aromatic N) is 3. The minimum Gasteiger partial charge on any atom is -0.393 e. The van der Waals surface area contributed by atoms with E-state index in [1.807, 2.05) is 13.0 Å². The molecule has 3 rings (SSSR count). The lowest BCUT2D eigenvalue weighted by Crippen LogP contribution is -2.44. The van der Waals surface area contributed by atoms with Gasteiger partial charge in [-0.3, -0.25) is 4.90 Å². The smallest absolute Gasteiger partial charge is 0.144 e. The van der Waals surface area contributed by atoms with E-state index in [9.17, 15) is 5.11 Å². The van der Waals surface area contributed by atoms with Gasteiger partial charge in [0, 0.05) is 30.4 Å². The van der Waals surface area contributed by atoms with E-state index < -0.39 is 0 Å². The highest BCUT2D eigenvalue weighted by Gasteiger charge is 2.40. The predicted molar refractivity (Wildman–Crippen MR) is 83.1 cm³/mol. The van der Waals surface area contributed by atoms with Crippen molar-refractivity contribution in [1.82, 2.24) is 14.9 Å². The summed E-state index contributed by atoms with van der Waals surface area (Å²) in [5.41, 5.74) is 1.02. The van der Waals surface area contributed by atoms with Crippen LogP contribution in [0.25, 0.3) is 0 Å². The van der Waals surface area contributed by atoms with Crippen molar-refractivity contribution >= 4 is 5.82 Å². The first kappa shape index (κ1) is 14.7. The van der Waals surface area contributed by atoms with Gasteiger partial charge in [0.1, 0.15) is 11.6 Å². The molecule has 1 aromatic heterocycles. The van der Waals surface area contributed by atoms with E-state index in [4.69, 9.17) is 0 Å². The summed E-state index contributed by atoms with van der Waals surface area (Å²) in [6, 6.07) is 3.03. The maximum absolute atomic E-state index is 9.89. The number of fused-ring (bicyclic) bond motifs is 2. The van der Waals surface area contributed by atoms with Crippen LogP contribution in [0.2, 0.25) is 0 Å². The Kier molecular flexibility index (Phi) is 4.40. The van der Waals surface area contributed by atoms with Gasteiger partial charge in [0.15, 0.2) is 0 Å². The van der Waals surface area contributed by atoms with Crippen LogP contribution >= 0.6 is 0 Å². The Hall–Kier alpha value is -1.20. The fourth-order valence-electron chi connectivity index (χ4n) is 3.71. The van der Waals surface area contributed by atoms with Crippen molar-refractivity contribution in [2.24, 2.45) is 0 Å². The van der Waals surface area contributed by atoms with Crippen LogP contribution in [0.15, 0.2) is 6.07 Å². The second kappa shape index (κ2) is 6.28. The third kappa shape index (κ3) is 3.35. The van der Waals surface area contributed by atoms with Crippen molar-refractivity contribution in [3.63, 3.8) is 0 Å². The first-order chi connectivity index (χ1) is 10.2. The van der Waals surface area contributed by atoms with Crippen LogP contribution in [-0.4, -0.2) is 44.7 Å². The van der Waals surface area contributed by atoms with Gasteiger partial charge in [0.2, 0.25) is 0 Å². The van der Waals surface area contributed by atoms with Crippen LogP contribution < -0.4 is 5.32 Å². The summed E-state index contributed by atoms with van der Waals surface area (Å²) in [4.78, 5) is 11.8. The van der Waals surface area contributed by atoms with E-state index >= 15 is 0 Å². The molecule has 0 saturated carbocycles. The molecule has 2 atom stereocenters. The zero-order valence-corrected chi connectivity index (χ0v) is 13.0. The van der Waals surface area contributed by atoms with Crippen molar-refractivity contribution < 1.29 is 5.11 Å². The summed E-state index contributed by atoms with van der Waals surface area (Å²) in [5, 5.41) is 13.2. The Balaban J connectivity index is 1.71.